The van der Waals surface area contributed by atoms with Gasteiger partial charge in [-0.1, -0.05) is 28.1 Å². The summed E-state index contributed by atoms with van der Waals surface area (Å²) in [5.41, 5.74) is 2.91. The molecule has 7 heteroatoms. The third-order valence-electron chi connectivity index (χ3n) is 4.75. The van der Waals surface area contributed by atoms with E-state index in [0.29, 0.717) is 19.7 Å². The van der Waals surface area contributed by atoms with Crippen molar-refractivity contribution in [3.8, 4) is 0 Å². The van der Waals surface area contributed by atoms with Crippen molar-refractivity contribution >= 4 is 44.9 Å². The summed E-state index contributed by atoms with van der Waals surface area (Å²) in [5, 5.41) is 3.19. The number of thioether (sulfide) groups is 1. The Balaban J connectivity index is 1.37. The van der Waals surface area contributed by atoms with Crippen molar-refractivity contribution in [2.45, 2.75) is 23.7 Å². The van der Waals surface area contributed by atoms with Gasteiger partial charge in [0.2, 0.25) is 0 Å². The molecule has 0 aliphatic carbocycles. The largest absolute Gasteiger partial charge is 0.370 e. The maximum absolute atomic E-state index is 13.0. The van der Waals surface area contributed by atoms with Gasteiger partial charge in [0.1, 0.15) is 6.10 Å². The molecule has 1 atom stereocenters. The lowest BCUT2D eigenvalue weighted by atomic mass is 10.1. The maximum Gasteiger partial charge on any atom is 0.254 e. The second-order valence-electron chi connectivity index (χ2n) is 6.83. The lowest BCUT2D eigenvalue weighted by molar-refractivity contribution is -0.0228. The van der Waals surface area contributed by atoms with E-state index in [4.69, 9.17) is 4.74 Å². The highest BCUT2D eigenvalue weighted by Crippen LogP contribution is 2.26. The smallest absolute Gasteiger partial charge is 0.254 e. The lowest BCUT2D eigenvalue weighted by Gasteiger charge is -2.33. The SMILES string of the molecule is Cc1nc(CSc2ccc(C(=O)N3CCOC(c4ccc(Br)cc4)C3)cc2)cs1. The van der Waals surface area contributed by atoms with Gasteiger partial charge in [0, 0.05) is 32.6 Å². The Hall–Kier alpha value is -1.67. The molecule has 29 heavy (non-hydrogen) atoms. The zero-order chi connectivity index (χ0) is 20.2. The van der Waals surface area contributed by atoms with Crippen LogP contribution in [0.25, 0.3) is 0 Å². The molecule has 150 valence electrons. The zero-order valence-corrected chi connectivity index (χ0v) is 19.2. The molecule has 0 radical (unpaired) electrons. The van der Waals surface area contributed by atoms with Gasteiger partial charge < -0.3 is 9.64 Å². The third kappa shape index (κ3) is 5.28. The van der Waals surface area contributed by atoms with Crippen LogP contribution in [0.3, 0.4) is 0 Å². The molecule has 2 heterocycles. The van der Waals surface area contributed by atoms with E-state index in [9.17, 15) is 4.79 Å². The van der Waals surface area contributed by atoms with E-state index in [2.05, 4.69) is 26.3 Å². The van der Waals surface area contributed by atoms with Gasteiger partial charge in [-0.3, -0.25) is 4.79 Å². The fraction of sp³-hybridized carbons (Fsp3) is 0.273. The fourth-order valence-corrected chi connectivity index (χ4v) is 4.99. The van der Waals surface area contributed by atoms with Crippen LogP contribution in [-0.4, -0.2) is 35.5 Å². The molecule has 1 aliphatic rings. The highest BCUT2D eigenvalue weighted by Gasteiger charge is 2.26. The van der Waals surface area contributed by atoms with Gasteiger partial charge in [-0.15, -0.1) is 23.1 Å². The van der Waals surface area contributed by atoms with Crippen LogP contribution in [0.15, 0.2) is 63.3 Å². The number of amides is 1. The molecular formula is C22H21BrN2O2S2. The molecule has 0 saturated carbocycles. The second-order valence-corrected chi connectivity index (χ2v) is 9.86. The monoisotopic (exact) mass is 488 g/mol. The lowest BCUT2D eigenvalue weighted by Crippen LogP contribution is -2.42. The van der Waals surface area contributed by atoms with Gasteiger partial charge >= 0.3 is 0 Å². The van der Waals surface area contributed by atoms with Crippen LogP contribution < -0.4 is 0 Å². The minimum atomic E-state index is -0.0859. The number of nitrogens with zero attached hydrogens (tertiary/aromatic N) is 2. The molecule has 1 aromatic heterocycles. The van der Waals surface area contributed by atoms with Gasteiger partial charge in [-0.05, 0) is 48.9 Å². The van der Waals surface area contributed by atoms with E-state index in [1.54, 1.807) is 23.1 Å². The number of ether oxygens (including phenoxy) is 1. The van der Waals surface area contributed by atoms with Crippen molar-refractivity contribution in [1.29, 1.82) is 0 Å². The predicted molar refractivity (Wildman–Crippen MR) is 122 cm³/mol. The standard InChI is InChI=1S/C22H21BrN2O2S2/c1-15-24-19(13-28-15)14-29-20-8-4-17(5-9-20)22(26)25-10-11-27-21(12-25)16-2-6-18(23)7-3-16/h2-9,13,21H,10-12,14H2,1H3. The number of benzene rings is 2. The number of thiazole rings is 1. The number of carbonyl (C=O) groups is 1. The van der Waals surface area contributed by atoms with E-state index < -0.39 is 0 Å². The van der Waals surface area contributed by atoms with Gasteiger partial charge in [0.25, 0.3) is 5.91 Å². The van der Waals surface area contributed by atoms with Gasteiger partial charge in [0.05, 0.1) is 23.9 Å². The number of carbonyl (C=O) groups excluding carboxylic acids is 1. The summed E-state index contributed by atoms with van der Waals surface area (Å²) in [5.74, 6) is 0.901. The van der Waals surface area contributed by atoms with Gasteiger partial charge in [-0.25, -0.2) is 4.98 Å². The average Bonchev–Trinajstić information content (AvgIpc) is 3.18. The third-order valence-corrected chi connectivity index (χ3v) is 7.15. The van der Waals surface area contributed by atoms with Crippen molar-refractivity contribution in [2.75, 3.05) is 19.7 Å². The van der Waals surface area contributed by atoms with E-state index in [0.717, 1.165) is 36.9 Å². The summed E-state index contributed by atoms with van der Waals surface area (Å²) in [6.45, 7) is 3.76. The molecule has 1 amide bonds. The number of halogens is 1. The van der Waals surface area contributed by atoms with E-state index in [-0.39, 0.29) is 12.0 Å². The minimum absolute atomic E-state index is 0.0575. The first-order chi connectivity index (χ1) is 14.1. The molecule has 1 fully saturated rings. The molecule has 1 saturated heterocycles. The van der Waals surface area contributed by atoms with Crippen molar-refractivity contribution in [3.63, 3.8) is 0 Å². The van der Waals surface area contributed by atoms with Crippen molar-refractivity contribution in [1.82, 2.24) is 9.88 Å². The van der Waals surface area contributed by atoms with Crippen LogP contribution in [0.5, 0.6) is 0 Å². The van der Waals surface area contributed by atoms with Crippen molar-refractivity contribution < 1.29 is 9.53 Å². The van der Waals surface area contributed by atoms with E-state index in [1.807, 2.05) is 60.4 Å². The van der Waals surface area contributed by atoms with Gasteiger partial charge in [-0.2, -0.15) is 0 Å². The molecule has 0 N–H and O–H groups in total. The summed E-state index contributed by atoms with van der Waals surface area (Å²) in [7, 11) is 0. The normalized spacial score (nSPS) is 16.8. The Labute approximate surface area is 187 Å². The molecule has 1 unspecified atom stereocenters. The number of hydrogen-bond donors (Lipinski definition) is 0. The van der Waals surface area contributed by atoms with Crippen molar-refractivity contribution in [2.24, 2.45) is 0 Å². The molecule has 0 bridgehead atoms. The molecule has 4 nitrogen and oxygen atoms in total. The van der Waals surface area contributed by atoms with Crippen molar-refractivity contribution in [3.05, 3.63) is 80.2 Å². The van der Waals surface area contributed by atoms with E-state index >= 15 is 0 Å². The first kappa shape index (κ1) is 20.6. The number of rotatable bonds is 5. The van der Waals surface area contributed by atoms with E-state index in [1.165, 1.54) is 0 Å². The van der Waals surface area contributed by atoms with Gasteiger partial charge in [0.15, 0.2) is 0 Å². The van der Waals surface area contributed by atoms with Crippen LogP contribution in [-0.2, 0) is 10.5 Å². The molecular weight excluding hydrogens is 468 g/mol. The highest BCUT2D eigenvalue weighted by molar-refractivity contribution is 9.10. The molecule has 1 aliphatic heterocycles. The van der Waals surface area contributed by atoms with Crippen LogP contribution in [0, 0.1) is 6.92 Å². The summed E-state index contributed by atoms with van der Waals surface area (Å²) in [6.07, 6.45) is -0.0859. The Morgan fingerprint density at radius 3 is 2.69 bits per heavy atom. The van der Waals surface area contributed by atoms with Crippen LogP contribution in [0.4, 0.5) is 0 Å². The highest BCUT2D eigenvalue weighted by atomic mass is 79.9. The minimum Gasteiger partial charge on any atom is -0.370 e. The summed E-state index contributed by atoms with van der Waals surface area (Å²) in [6, 6.07) is 16.0. The van der Waals surface area contributed by atoms with Crippen LogP contribution in [0.2, 0.25) is 0 Å². The summed E-state index contributed by atoms with van der Waals surface area (Å²) in [4.78, 5) is 20.5. The number of morpholine rings is 1. The summed E-state index contributed by atoms with van der Waals surface area (Å²) < 4.78 is 6.93. The number of aryl methyl sites for hydroxylation is 1. The molecule has 4 rings (SSSR count). The second kappa shape index (κ2) is 9.43. The Kier molecular flexibility index (Phi) is 6.70. The Bertz CT molecular complexity index is 973. The number of aromatic nitrogens is 1. The van der Waals surface area contributed by atoms with Crippen LogP contribution in [0.1, 0.15) is 32.7 Å². The quantitative estimate of drug-likeness (QED) is 0.430. The Morgan fingerprint density at radius 1 is 1.24 bits per heavy atom. The first-order valence-electron chi connectivity index (χ1n) is 9.39. The predicted octanol–water partition coefficient (Wildman–Crippen LogP) is 5.72. The fourth-order valence-electron chi connectivity index (χ4n) is 3.22. The first-order valence-corrected chi connectivity index (χ1v) is 12.0. The molecule has 2 aromatic carbocycles. The number of hydrogen-bond acceptors (Lipinski definition) is 5. The molecule has 3 aromatic rings. The average molecular weight is 489 g/mol. The molecule has 0 spiro atoms. The zero-order valence-electron chi connectivity index (χ0n) is 16.0. The van der Waals surface area contributed by atoms with Crippen LogP contribution >= 0.6 is 39.0 Å². The Morgan fingerprint density at radius 2 is 2.00 bits per heavy atom. The summed E-state index contributed by atoms with van der Waals surface area (Å²) >= 11 is 6.87. The maximum atomic E-state index is 13.0. The topological polar surface area (TPSA) is 42.4 Å².